The highest BCUT2D eigenvalue weighted by Crippen LogP contribution is 2.33. The van der Waals surface area contributed by atoms with Crippen LogP contribution in [0.4, 0.5) is 5.13 Å². The Kier molecular flexibility index (Phi) is 5.38. The smallest absolute Gasteiger partial charge is 0.280 e. The summed E-state index contributed by atoms with van der Waals surface area (Å²) in [6, 6.07) is 6.15. The van der Waals surface area contributed by atoms with Crippen LogP contribution < -0.4 is 5.32 Å². The maximum atomic E-state index is 12.6. The van der Waals surface area contributed by atoms with Crippen LogP contribution in [0.3, 0.4) is 0 Å². The van der Waals surface area contributed by atoms with E-state index in [1.54, 1.807) is 37.6 Å². The average molecular weight is 393 g/mol. The molecule has 138 valence electrons. The molecule has 9 heteroatoms. The third kappa shape index (κ3) is 4.28. The molecular formula is C17H19N3O4S2. The van der Waals surface area contributed by atoms with E-state index in [2.05, 4.69) is 15.5 Å². The van der Waals surface area contributed by atoms with E-state index in [-0.39, 0.29) is 22.0 Å². The van der Waals surface area contributed by atoms with Crippen LogP contribution in [0.2, 0.25) is 0 Å². The molecule has 0 aliphatic heterocycles. The number of carbonyl (C=O) groups is 1. The molecule has 1 aliphatic rings. The summed E-state index contributed by atoms with van der Waals surface area (Å²) < 4.78 is 24.6. The molecule has 0 atom stereocenters. The van der Waals surface area contributed by atoms with Crippen molar-refractivity contribution in [3.8, 4) is 0 Å². The van der Waals surface area contributed by atoms with E-state index in [9.17, 15) is 13.2 Å². The van der Waals surface area contributed by atoms with Crippen molar-refractivity contribution in [2.24, 2.45) is 5.16 Å². The molecule has 0 spiro atoms. The second-order valence-electron chi connectivity index (χ2n) is 6.15. The van der Waals surface area contributed by atoms with Crippen LogP contribution in [0.25, 0.3) is 0 Å². The Morgan fingerprint density at radius 1 is 1.31 bits per heavy atom. The summed E-state index contributed by atoms with van der Waals surface area (Å²) in [7, 11) is -3.28. The molecule has 1 aromatic carbocycles. The van der Waals surface area contributed by atoms with Crippen LogP contribution in [-0.4, -0.2) is 36.4 Å². The quantitative estimate of drug-likeness (QED) is 0.576. The fraction of sp³-hybridized carbons (Fsp3) is 0.353. The van der Waals surface area contributed by atoms with Crippen LogP contribution in [-0.2, 0) is 19.5 Å². The average Bonchev–Trinajstić information content (AvgIpc) is 3.35. The standard InChI is InChI=1S/C17H19N3O4S2/c1-11(2)24-20-15(16(21)19-17-18-9-10-25-17)12-3-5-13(6-4-12)26(22,23)14-7-8-14/h3-6,9-11,14H,7-8H2,1-2H3,(H,18,19,21). The molecule has 1 fully saturated rings. The third-order valence-electron chi connectivity index (χ3n) is 3.64. The number of hydrogen-bond acceptors (Lipinski definition) is 7. The molecule has 0 saturated heterocycles. The number of oxime groups is 1. The van der Waals surface area contributed by atoms with E-state index in [1.807, 2.05) is 0 Å². The molecule has 1 aliphatic carbocycles. The first kappa shape index (κ1) is 18.5. The van der Waals surface area contributed by atoms with Gasteiger partial charge in [-0.15, -0.1) is 11.3 Å². The number of anilines is 1. The zero-order chi connectivity index (χ0) is 18.7. The SMILES string of the molecule is CC(C)ON=C(C(=O)Nc1nccs1)c1ccc(S(=O)(=O)C2CC2)cc1. The molecule has 1 saturated carbocycles. The second kappa shape index (κ2) is 7.55. The van der Waals surface area contributed by atoms with Gasteiger partial charge in [-0.25, -0.2) is 13.4 Å². The van der Waals surface area contributed by atoms with Gasteiger partial charge in [0.15, 0.2) is 20.7 Å². The van der Waals surface area contributed by atoms with Crippen molar-refractivity contribution in [1.82, 2.24) is 4.98 Å². The summed E-state index contributed by atoms with van der Waals surface area (Å²) in [5.41, 5.74) is 0.527. The van der Waals surface area contributed by atoms with Gasteiger partial charge in [-0.3, -0.25) is 10.1 Å². The Labute approximate surface area is 156 Å². The van der Waals surface area contributed by atoms with E-state index in [0.29, 0.717) is 23.5 Å². The van der Waals surface area contributed by atoms with E-state index < -0.39 is 15.7 Å². The molecule has 3 rings (SSSR count). The number of amides is 1. The predicted octanol–water partition coefficient (Wildman–Crippen LogP) is 2.85. The Morgan fingerprint density at radius 2 is 2.00 bits per heavy atom. The van der Waals surface area contributed by atoms with Crippen molar-refractivity contribution in [2.45, 2.75) is 42.9 Å². The molecule has 26 heavy (non-hydrogen) atoms. The van der Waals surface area contributed by atoms with Crippen molar-refractivity contribution in [3.05, 3.63) is 41.4 Å². The van der Waals surface area contributed by atoms with Crippen LogP contribution >= 0.6 is 11.3 Å². The second-order valence-corrected chi connectivity index (χ2v) is 9.28. The van der Waals surface area contributed by atoms with E-state index in [0.717, 1.165) is 0 Å². The number of nitrogens with one attached hydrogen (secondary N) is 1. The molecule has 7 nitrogen and oxygen atoms in total. The fourth-order valence-corrected chi connectivity index (χ4v) is 4.38. The van der Waals surface area contributed by atoms with E-state index in [1.165, 1.54) is 23.5 Å². The number of hydrogen-bond donors (Lipinski definition) is 1. The molecule has 1 aromatic heterocycles. The van der Waals surface area contributed by atoms with Crippen molar-refractivity contribution in [3.63, 3.8) is 0 Å². The van der Waals surface area contributed by atoms with E-state index >= 15 is 0 Å². The zero-order valence-corrected chi connectivity index (χ0v) is 16.0. The largest absolute Gasteiger partial charge is 0.392 e. The van der Waals surface area contributed by atoms with Gasteiger partial charge < -0.3 is 4.84 Å². The van der Waals surface area contributed by atoms with Gasteiger partial charge in [0.05, 0.1) is 10.1 Å². The van der Waals surface area contributed by atoms with Crippen molar-refractivity contribution in [1.29, 1.82) is 0 Å². The van der Waals surface area contributed by atoms with Crippen LogP contribution in [0.1, 0.15) is 32.3 Å². The lowest BCUT2D eigenvalue weighted by Crippen LogP contribution is -2.24. The summed E-state index contributed by atoms with van der Waals surface area (Å²) in [5.74, 6) is -0.474. The Balaban J connectivity index is 1.86. The minimum atomic E-state index is -3.28. The molecular weight excluding hydrogens is 374 g/mol. The highest BCUT2D eigenvalue weighted by atomic mass is 32.2. The lowest BCUT2D eigenvalue weighted by Gasteiger charge is -2.09. The van der Waals surface area contributed by atoms with Crippen molar-refractivity contribution >= 4 is 37.9 Å². The third-order valence-corrected chi connectivity index (χ3v) is 6.61. The van der Waals surface area contributed by atoms with Gasteiger partial charge in [-0.1, -0.05) is 17.3 Å². The Morgan fingerprint density at radius 3 is 2.54 bits per heavy atom. The number of sulfone groups is 1. The van der Waals surface area contributed by atoms with Gasteiger partial charge in [-0.2, -0.15) is 0 Å². The zero-order valence-electron chi connectivity index (χ0n) is 14.4. The topological polar surface area (TPSA) is 97.7 Å². The maximum absolute atomic E-state index is 12.6. The monoisotopic (exact) mass is 393 g/mol. The van der Waals surface area contributed by atoms with Gasteiger partial charge in [0.1, 0.15) is 6.10 Å². The first-order valence-electron chi connectivity index (χ1n) is 8.17. The first-order valence-corrected chi connectivity index (χ1v) is 10.6. The van der Waals surface area contributed by atoms with Gasteiger partial charge in [0.2, 0.25) is 0 Å². The summed E-state index contributed by atoms with van der Waals surface area (Å²) in [6.07, 6.45) is 2.79. The lowest BCUT2D eigenvalue weighted by molar-refractivity contribution is -0.110. The predicted molar refractivity (Wildman–Crippen MR) is 100 cm³/mol. The van der Waals surface area contributed by atoms with Gasteiger partial charge in [0, 0.05) is 17.1 Å². The fourth-order valence-electron chi connectivity index (χ4n) is 2.20. The molecule has 0 bridgehead atoms. The molecule has 0 radical (unpaired) electrons. The van der Waals surface area contributed by atoms with Crippen molar-refractivity contribution in [2.75, 3.05) is 5.32 Å². The van der Waals surface area contributed by atoms with Crippen molar-refractivity contribution < 1.29 is 18.0 Å². The molecule has 1 amide bonds. The highest BCUT2D eigenvalue weighted by Gasteiger charge is 2.36. The number of thiazole rings is 1. The summed E-state index contributed by atoms with van der Waals surface area (Å²) in [6.45, 7) is 3.59. The minimum Gasteiger partial charge on any atom is -0.392 e. The van der Waals surface area contributed by atoms with E-state index in [4.69, 9.17) is 4.84 Å². The summed E-state index contributed by atoms with van der Waals surface area (Å²) >= 11 is 1.29. The molecule has 1 heterocycles. The van der Waals surface area contributed by atoms with Gasteiger partial charge in [-0.05, 0) is 38.8 Å². The summed E-state index contributed by atoms with van der Waals surface area (Å²) in [4.78, 5) is 22.1. The van der Waals surface area contributed by atoms with Crippen LogP contribution in [0.15, 0.2) is 45.9 Å². The normalized spacial score (nSPS) is 15.1. The Hall–Kier alpha value is -2.26. The Bertz CT molecular complexity index is 900. The highest BCUT2D eigenvalue weighted by molar-refractivity contribution is 7.92. The maximum Gasteiger partial charge on any atom is 0.280 e. The number of aromatic nitrogens is 1. The number of carbonyl (C=O) groups excluding carboxylic acids is 1. The van der Waals surface area contributed by atoms with Gasteiger partial charge in [0.25, 0.3) is 5.91 Å². The number of rotatable bonds is 7. The first-order chi connectivity index (χ1) is 12.4. The van der Waals surface area contributed by atoms with Crippen LogP contribution in [0, 0.1) is 0 Å². The molecule has 0 unspecified atom stereocenters. The summed E-state index contributed by atoms with van der Waals surface area (Å²) in [5, 5.41) is 8.51. The van der Waals surface area contributed by atoms with Gasteiger partial charge >= 0.3 is 0 Å². The minimum absolute atomic E-state index is 0.0595. The number of nitrogens with zero attached hydrogens (tertiary/aromatic N) is 2. The number of benzene rings is 1. The molecule has 1 N–H and O–H groups in total. The molecule has 2 aromatic rings. The lowest BCUT2D eigenvalue weighted by atomic mass is 10.1. The van der Waals surface area contributed by atoms with Crippen LogP contribution in [0.5, 0.6) is 0 Å².